The third-order valence-electron chi connectivity index (χ3n) is 3.13. The topological polar surface area (TPSA) is 43.4 Å². The van der Waals surface area contributed by atoms with Crippen LogP contribution in [0.1, 0.15) is 31.8 Å². The quantitative estimate of drug-likeness (QED) is 0.618. The van der Waals surface area contributed by atoms with Crippen LogP contribution in [0.15, 0.2) is 36.4 Å². The van der Waals surface area contributed by atoms with Crippen molar-refractivity contribution in [2.24, 2.45) is 0 Å². The predicted octanol–water partition coefficient (Wildman–Crippen LogP) is 4.03. The Morgan fingerprint density at radius 2 is 1.95 bits per heavy atom. The second-order valence-electron chi connectivity index (χ2n) is 4.84. The van der Waals surface area contributed by atoms with Gasteiger partial charge in [-0.2, -0.15) is 0 Å². The lowest BCUT2D eigenvalue weighted by atomic mass is 10.0. The summed E-state index contributed by atoms with van der Waals surface area (Å²) in [6, 6.07) is 10.3. The highest BCUT2D eigenvalue weighted by Crippen LogP contribution is 2.25. The van der Waals surface area contributed by atoms with Gasteiger partial charge in [-0.3, -0.25) is 9.59 Å². The maximum atomic E-state index is 12.2. The van der Waals surface area contributed by atoms with Crippen LogP contribution in [-0.4, -0.2) is 18.7 Å². The van der Waals surface area contributed by atoms with Crippen molar-refractivity contribution >= 4 is 23.7 Å². The number of ether oxygens (including phenoxy) is 1. The van der Waals surface area contributed by atoms with Gasteiger partial charge in [-0.05, 0) is 37.6 Å². The van der Waals surface area contributed by atoms with E-state index in [0.29, 0.717) is 28.2 Å². The highest BCUT2D eigenvalue weighted by molar-refractivity contribution is 6.32. The summed E-state index contributed by atoms with van der Waals surface area (Å²) in [5, 5.41) is 0.313. The minimum Gasteiger partial charge on any atom is -0.484 e. The number of hydrogen-bond donors (Lipinski definition) is 0. The molecule has 2 aromatic carbocycles. The van der Waals surface area contributed by atoms with Gasteiger partial charge in [0.2, 0.25) is 0 Å². The third kappa shape index (κ3) is 3.70. The summed E-state index contributed by atoms with van der Waals surface area (Å²) in [6.07, 6.45) is 0.705. The van der Waals surface area contributed by atoms with Crippen LogP contribution < -0.4 is 4.74 Å². The molecule has 2 rings (SSSR count). The van der Waals surface area contributed by atoms with Crippen molar-refractivity contribution in [2.75, 3.05) is 6.61 Å². The molecule has 0 aromatic heterocycles. The second kappa shape index (κ2) is 6.55. The average molecular weight is 303 g/mol. The van der Waals surface area contributed by atoms with Gasteiger partial charge in [0.05, 0.1) is 5.02 Å². The molecule has 2 aromatic rings. The van der Waals surface area contributed by atoms with Gasteiger partial charge in [0.1, 0.15) is 12.0 Å². The SMILES string of the molecule is Cc1ccc(C(=O)COc2ccc(C=O)cc2Cl)c(C)c1. The van der Waals surface area contributed by atoms with Crippen LogP contribution in [0, 0.1) is 13.8 Å². The maximum Gasteiger partial charge on any atom is 0.200 e. The smallest absolute Gasteiger partial charge is 0.200 e. The first kappa shape index (κ1) is 15.3. The Morgan fingerprint density at radius 3 is 2.57 bits per heavy atom. The molecule has 108 valence electrons. The van der Waals surface area contributed by atoms with Gasteiger partial charge in [-0.1, -0.05) is 35.4 Å². The molecule has 0 fully saturated rings. The van der Waals surface area contributed by atoms with Crippen LogP contribution in [0.4, 0.5) is 0 Å². The fourth-order valence-corrected chi connectivity index (χ4v) is 2.30. The summed E-state index contributed by atoms with van der Waals surface area (Å²) in [5.74, 6) is 0.281. The summed E-state index contributed by atoms with van der Waals surface area (Å²) in [4.78, 5) is 22.8. The summed E-state index contributed by atoms with van der Waals surface area (Å²) in [6.45, 7) is 3.78. The summed E-state index contributed by atoms with van der Waals surface area (Å²) >= 11 is 5.99. The Balaban J connectivity index is 2.09. The first-order valence-electron chi connectivity index (χ1n) is 6.49. The van der Waals surface area contributed by atoms with E-state index in [1.807, 2.05) is 26.0 Å². The van der Waals surface area contributed by atoms with Crippen molar-refractivity contribution < 1.29 is 14.3 Å². The van der Waals surface area contributed by atoms with Crippen molar-refractivity contribution in [3.8, 4) is 5.75 Å². The lowest BCUT2D eigenvalue weighted by molar-refractivity contribution is 0.0920. The molecule has 0 radical (unpaired) electrons. The van der Waals surface area contributed by atoms with Gasteiger partial charge in [0.15, 0.2) is 12.4 Å². The summed E-state index contributed by atoms with van der Waals surface area (Å²) < 4.78 is 5.44. The van der Waals surface area contributed by atoms with Crippen molar-refractivity contribution in [1.29, 1.82) is 0 Å². The first-order valence-corrected chi connectivity index (χ1v) is 6.87. The normalized spacial score (nSPS) is 10.2. The Hall–Kier alpha value is -2.13. The molecule has 0 bridgehead atoms. The van der Waals surface area contributed by atoms with E-state index < -0.39 is 0 Å². The molecular weight excluding hydrogens is 288 g/mol. The van der Waals surface area contributed by atoms with E-state index in [1.54, 1.807) is 18.2 Å². The van der Waals surface area contributed by atoms with E-state index in [1.165, 1.54) is 6.07 Å². The molecule has 21 heavy (non-hydrogen) atoms. The number of rotatable bonds is 5. The fraction of sp³-hybridized carbons (Fsp3) is 0.176. The molecule has 0 spiro atoms. The lowest BCUT2D eigenvalue weighted by Crippen LogP contribution is -2.13. The zero-order valence-electron chi connectivity index (χ0n) is 11.9. The number of benzene rings is 2. The van der Waals surface area contributed by atoms with E-state index in [-0.39, 0.29) is 12.4 Å². The molecule has 0 saturated heterocycles. The molecule has 0 heterocycles. The van der Waals surface area contributed by atoms with Crippen LogP contribution in [0.3, 0.4) is 0 Å². The Bertz CT molecular complexity index is 692. The number of aryl methyl sites for hydroxylation is 2. The van der Waals surface area contributed by atoms with E-state index in [0.717, 1.165) is 11.1 Å². The number of ketones is 1. The summed E-state index contributed by atoms with van der Waals surface area (Å²) in [5.41, 5.74) is 3.14. The van der Waals surface area contributed by atoms with Crippen molar-refractivity contribution in [3.63, 3.8) is 0 Å². The van der Waals surface area contributed by atoms with Crippen LogP contribution in [-0.2, 0) is 0 Å². The highest BCUT2D eigenvalue weighted by Gasteiger charge is 2.11. The van der Waals surface area contributed by atoms with Crippen LogP contribution in [0.25, 0.3) is 0 Å². The maximum absolute atomic E-state index is 12.2. The van der Waals surface area contributed by atoms with Gasteiger partial charge < -0.3 is 4.74 Å². The number of Topliss-reactive ketones (excluding diaryl/α,β-unsaturated/α-hetero) is 1. The van der Waals surface area contributed by atoms with Gasteiger partial charge in [0.25, 0.3) is 0 Å². The molecule has 0 aliphatic heterocycles. The van der Waals surface area contributed by atoms with Gasteiger partial charge in [-0.25, -0.2) is 0 Å². The minimum atomic E-state index is -0.108. The largest absolute Gasteiger partial charge is 0.484 e. The zero-order valence-corrected chi connectivity index (χ0v) is 12.6. The molecular formula is C17H15ClO3. The van der Waals surface area contributed by atoms with E-state index in [4.69, 9.17) is 16.3 Å². The highest BCUT2D eigenvalue weighted by atomic mass is 35.5. The van der Waals surface area contributed by atoms with Crippen molar-refractivity contribution in [1.82, 2.24) is 0 Å². The lowest BCUT2D eigenvalue weighted by Gasteiger charge is -2.09. The molecule has 0 amide bonds. The first-order chi connectivity index (χ1) is 10.0. The van der Waals surface area contributed by atoms with Gasteiger partial charge >= 0.3 is 0 Å². The monoisotopic (exact) mass is 302 g/mol. The Morgan fingerprint density at radius 1 is 1.19 bits per heavy atom. The van der Waals surface area contributed by atoms with Crippen LogP contribution in [0.2, 0.25) is 5.02 Å². The molecule has 4 heteroatoms. The predicted molar refractivity (Wildman–Crippen MR) is 82.6 cm³/mol. The molecule has 0 aliphatic rings. The number of carbonyl (C=O) groups is 2. The number of hydrogen-bond acceptors (Lipinski definition) is 3. The Labute approximate surface area is 128 Å². The second-order valence-corrected chi connectivity index (χ2v) is 5.25. The van der Waals surface area contributed by atoms with Crippen molar-refractivity contribution in [2.45, 2.75) is 13.8 Å². The molecule has 0 N–H and O–H groups in total. The molecule has 0 aliphatic carbocycles. The molecule has 0 atom stereocenters. The third-order valence-corrected chi connectivity index (χ3v) is 3.43. The van der Waals surface area contributed by atoms with E-state index >= 15 is 0 Å². The Kier molecular flexibility index (Phi) is 4.76. The van der Waals surface area contributed by atoms with E-state index in [9.17, 15) is 9.59 Å². The van der Waals surface area contributed by atoms with Crippen molar-refractivity contribution in [3.05, 3.63) is 63.7 Å². The number of aldehydes is 1. The fourth-order valence-electron chi connectivity index (χ4n) is 2.05. The molecule has 3 nitrogen and oxygen atoms in total. The van der Waals surface area contributed by atoms with E-state index in [2.05, 4.69) is 0 Å². The van der Waals surface area contributed by atoms with Gasteiger partial charge in [0, 0.05) is 11.1 Å². The van der Waals surface area contributed by atoms with Crippen LogP contribution >= 0.6 is 11.6 Å². The number of halogens is 1. The summed E-state index contributed by atoms with van der Waals surface area (Å²) in [7, 11) is 0. The van der Waals surface area contributed by atoms with Crippen LogP contribution in [0.5, 0.6) is 5.75 Å². The van der Waals surface area contributed by atoms with Gasteiger partial charge in [-0.15, -0.1) is 0 Å². The standard InChI is InChI=1S/C17H15ClO3/c1-11-3-5-14(12(2)7-11)16(20)10-21-17-6-4-13(9-19)8-15(17)18/h3-9H,10H2,1-2H3. The molecule has 0 saturated carbocycles. The zero-order chi connectivity index (χ0) is 15.4. The average Bonchev–Trinajstić information content (AvgIpc) is 2.45. The number of carbonyl (C=O) groups excluding carboxylic acids is 2. The molecule has 0 unspecified atom stereocenters. The minimum absolute atomic E-state index is 0.0932.